The van der Waals surface area contributed by atoms with Gasteiger partial charge in [0, 0.05) is 25.8 Å². The van der Waals surface area contributed by atoms with Gasteiger partial charge in [0.25, 0.3) is 5.91 Å². The zero-order valence-corrected chi connectivity index (χ0v) is 21.7. The van der Waals surface area contributed by atoms with E-state index in [1.807, 2.05) is 38.2 Å². The highest BCUT2D eigenvalue weighted by Gasteiger charge is 2.72. The van der Waals surface area contributed by atoms with Crippen molar-refractivity contribution in [1.82, 2.24) is 9.80 Å². The second-order valence-electron chi connectivity index (χ2n) is 10.4. The molecule has 4 aliphatic rings. The number of likely N-dealkylation sites (N-methyl/N-ethyl adjacent to an activating group) is 1. The summed E-state index contributed by atoms with van der Waals surface area (Å²) in [6, 6.07) is 5.57. The number of aliphatic hydroxyl groups is 1. The summed E-state index contributed by atoms with van der Waals surface area (Å²) < 4.78 is 11.9. The lowest BCUT2D eigenvalue weighted by atomic mass is 9.77. The van der Waals surface area contributed by atoms with E-state index in [1.165, 1.54) is 4.90 Å². The number of fused-ring (bicyclic) bond motifs is 2. The van der Waals surface area contributed by atoms with Crippen LogP contribution in [0.25, 0.3) is 0 Å². The molecule has 2 saturated heterocycles. The summed E-state index contributed by atoms with van der Waals surface area (Å²) in [5.41, 5.74) is -0.653. The molecule has 1 unspecified atom stereocenters. The van der Waals surface area contributed by atoms with Gasteiger partial charge in [-0.1, -0.05) is 44.6 Å². The molecule has 5 rings (SSSR count). The Morgan fingerprint density at radius 2 is 1.84 bits per heavy atom. The number of carbonyl (C=O) groups excluding carboxylic acids is 3. The maximum atomic E-state index is 14.4. The average molecular weight is 510 g/mol. The molecule has 4 heterocycles. The quantitative estimate of drug-likeness (QED) is 0.585. The summed E-state index contributed by atoms with van der Waals surface area (Å²) in [6.45, 7) is 4.38. The summed E-state index contributed by atoms with van der Waals surface area (Å²) in [7, 11) is 3.29. The summed E-state index contributed by atoms with van der Waals surface area (Å²) in [6.07, 6.45) is 7.49. The van der Waals surface area contributed by atoms with Crippen molar-refractivity contribution in [2.75, 3.05) is 38.8 Å². The molecule has 2 fully saturated rings. The van der Waals surface area contributed by atoms with Gasteiger partial charge in [-0.25, -0.2) is 0 Å². The monoisotopic (exact) mass is 509 g/mol. The van der Waals surface area contributed by atoms with E-state index in [0.29, 0.717) is 24.4 Å². The summed E-state index contributed by atoms with van der Waals surface area (Å²) >= 11 is 0. The fraction of sp³-hybridized carbons (Fsp3) is 0.536. The maximum Gasteiger partial charge on any atom is 0.253 e. The average Bonchev–Trinajstić information content (AvgIpc) is 3.23. The van der Waals surface area contributed by atoms with Gasteiger partial charge < -0.3 is 29.3 Å². The van der Waals surface area contributed by atoms with Crippen LogP contribution in [0.5, 0.6) is 5.75 Å². The van der Waals surface area contributed by atoms with E-state index >= 15 is 0 Å². The van der Waals surface area contributed by atoms with Crippen LogP contribution in [0.4, 0.5) is 5.69 Å². The number of hydrogen-bond donors (Lipinski definition) is 1. The highest BCUT2D eigenvalue weighted by atomic mass is 16.5. The number of methoxy groups -OCH3 is 1. The number of carbonyl (C=O) groups is 3. The van der Waals surface area contributed by atoms with Gasteiger partial charge in [-0.15, -0.1) is 0 Å². The third-order valence-corrected chi connectivity index (χ3v) is 8.53. The van der Waals surface area contributed by atoms with Crippen molar-refractivity contribution in [3.8, 4) is 5.75 Å². The van der Waals surface area contributed by atoms with Gasteiger partial charge >= 0.3 is 0 Å². The van der Waals surface area contributed by atoms with Crippen molar-refractivity contribution in [3.05, 3.63) is 48.6 Å². The van der Waals surface area contributed by atoms with Crippen LogP contribution in [-0.4, -0.2) is 90.3 Å². The summed E-state index contributed by atoms with van der Waals surface area (Å²) in [4.78, 5) is 47.0. The van der Waals surface area contributed by atoms with Gasteiger partial charge in [0.1, 0.15) is 17.4 Å². The largest absolute Gasteiger partial charge is 0.497 e. The van der Waals surface area contributed by atoms with Gasteiger partial charge in [-0.3, -0.25) is 14.4 Å². The Morgan fingerprint density at radius 1 is 1.11 bits per heavy atom. The highest BCUT2D eigenvalue weighted by Crippen LogP contribution is 2.54. The Morgan fingerprint density at radius 3 is 2.49 bits per heavy atom. The first kappa shape index (κ1) is 25.5. The molecule has 0 aromatic heterocycles. The number of hydrogen-bond acceptors (Lipinski definition) is 6. The zero-order valence-electron chi connectivity index (χ0n) is 21.7. The van der Waals surface area contributed by atoms with Gasteiger partial charge in [-0.05, 0) is 30.2 Å². The Hall–Kier alpha value is -3.17. The van der Waals surface area contributed by atoms with E-state index in [1.54, 1.807) is 48.2 Å². The van der Waals surface area contributed by atoms with Crippen molar-refractivity contribution < 1.29 is 29.0 Å². The van der Waals surface area contributed by atoms with Crippen LogP contribution in [-0.2, 0) is 19.1 Å². The Balaban J connectivity index is 1.65. The molecule has 7 atom stereocenters. The van der Waals surface area contributed by atoms with Crippen LogP contribution in [0, 0.1) is 17.8 Å². The second-order valence-corrected chi connectivity index (χ2v) is 10.4. The Labute approximate surface area is 217 Å². The first-order chi connectivity index (χ1) is 17.8. The van der Waals surface area contributed by atoms with Gasteiger partial charge in [0.15, 0.2) is 0 Å². The summed E-state index contributed by atoms with van der Waals surface area (Å²) in [5.74, 6) is -1.80. The molecule has 1 aromatic rings. The minimum Gasteiger partial charge on any atom is -0.497 e. The lowest BCUT2D eigenvalue weighted by molar-refractivity contribution is -0.147. The second kappa shape index (κ2) is 9.61. The third-order valence-electron chi connectivity index (χ3n) is 8.53. The molecule has 3 amide bonds. The lowest BCUT2D eigenvalue weighted by Gasteiger charge is -2.40. The van der Waals surface area contributed by atoms with Crippen molar-refractivity contribution in [3.63, 3.8) is 0 Å². The molecule has 9 nitrogen and oxygen atoms in total. The first-order valence-electron chi connectivity index (χ1n) is 12.9. The van der Waals surface area contributed by atoms with Crippen LogP contribution in [0.3, 0.4) is 0 Å². The maximum absolute atomic E-state index is 14.4. The predicted octanol–water partition coefficient (Wildman–Crippen LogP) is 1.61. The number of benzene rings is 1. The van der Waals surface area contributed by atoms with Crippen molar-refractivity contribution in [1.29, 1.82) is 0 Å². The van der Waals surface area contributed by atoms with Crippen LogP contribution in [0.2, 0.25) is 0 Å². The molecule has 0 aliphatic carbocycles. The minimum absolute atomic E-state index is 0.0671. The molecular formula is C28H35N3O6. The Kier molecular flexibility index (Phi) is 6.62. The third kappa shape index (κ3) is 3.78. The SMILES string of the molecule is CC[C@H](C)[C@H](CO)N1C(=O)[C@@H]2[C@H]3C(=O)N(C)CC=C[C@H]3O[C@@]23C=CCN(c2ccc(OC)cc2)C(=O)C13. The molecular weight excluding hydrogens is 474 g/mol. The van der Waals surface area contributed by atoms with Crippen molar-refractivity contribution >= 4 is 23.4 Å². The highest BCUT2D eigenvalue weighted by molar-refractivity contribution is 6.06. The van der Waals surface area contributed by atoms with Crippen molar-refractivity contribution in [2.45, 2.75) is 44.1 Å². The zero-order chi connectivity index (χ0) is 26.5. The normalized spacial score (nSPS) is 32.6. The number of aliphatic hydroxyl groups excluding tert-OH is 1. The molecule has 37 heavy (non-hydrogen) atoms. The molecule has 1 N–H and O–H groups in total. The van der Waals surface area contributed by atoms with Crippen LogP contribution in [0.1, 0.15) is 20.3 Å². The van der Waals surface area contributed by atoms with Gasteiger partial charge in [-0.2, -0.15) is 0 Å². The van der Waals surface area contributed by atoms with Gasteiger partial charge in [0.05, 0.1) is 37.7 Å². The van der Waals surface area contributed by atoms with E-state index < -0.39 is 35.6 Å². The van der Waals surface area contributed by atoms with Crippen molar-refractivity contribution in [2.24, 2.45) is 17.8 Å². The molecule has 4 aliphatic heterocycles. The van der Waals surface area contributed by atoms with E-state index in [9.17, 15) is 19.5 Å². The number of amides is 3. The smallest absolute Gasteiger partial charge is 0.253 e. The number of rotatable bonds is 6. The molecule has 0 saturated carbocycles. The van der Waals surface area contributed by atoms with E-state index in [4.69, 9.17) is 9.47 Å². The molecule has 9 heteroatoms. The number of likely N-dealkylation sites (tertiary alicyclic amines) is 1. The topological polar surface area (TPSA) is 99.6 Å². The van der Waals surface area contributed by atoms with E-state index in [-0.39, 0.29) is 36.8 Å². The first-order valence-corrected chi connectivity index (χ1v) is 12.9. The van der Waals surface area contributed by atoms with Gasteiger partial charge in [0.2, 0.25) is 11.8 Å². The molecule has 0 radical (unpaired) electrons. The van der Waals surface area contributed by atoms with E-state index in [2.05, 4.69) is 0 Å². The fourth-order valence-electron chi connectivity index (χ4n) is 6.37. The van der Waals surface area contributed by atoms with Crippen LogP contribution < -0.4 is 9.64 Å². The molecule has 198 valence electrons. The van der Waals surface area contributed by atoms with Crippen LogP contribution in [0.15, 0.2) is 48.6 Å². The lowest BCUT2D eigenvalue weighted by Crippen LogP contribution is -2.59. The Bertz CT molecular complexity index is 1130. The minimum atomic E-state index is -1.32. The number of anilines is 1. The van der Waals surface area contributed by atoms with E-state index in [0.717, 1.165) is 0 Å². The predicted molar refractivity (Wildman–Crippen MR) is 137 cm³/mol. The fourth-order valence-corrected chi connectivity index (χ4v) is 6.37. The molecule has 0 bridgehead atoms. The standard InChI is InChI=1S/C28H35N3O6/c1-5-17(2)20(16-32)31-24-27(35)30(18-9-11-19(36-4)12-10-18)15-7-13-28(24)23(26(31)34)22-21(37-28)8-6-14-29(3)25(22)33/h6-13,17,20-24,32H,5,14-16H2,1-4H3/t17-,20-,21+,22-,23-,24?,28-/m0/s1. The summed E-state index contributed by atoms with van der Waals surface area (Å²) in [5, 5.41) is 10.4. The van der Waals surface area contributed by atoms with Crippen LogP contribution >= 0.6 is 0 Å². The number of nitrogens with zero attached hydrogens (tertiary/aromatic N) is 3. The molecule has 1 aromatic carbocycles. The molecule has 1 spiro atoms. The number of ether oxygens (including phenoxy) is 2.